The predicted octanol–water partition coefficient (Wildman–Crippen LogP) is 1.81. The molecule has 0 saturated heterocycles. The highest BCUT2D eigenvalue weighted by molar-refractivity contribution is 7.12. The third-order valence-corrected chi connectivity index (χ3v) is 5.97. The van der Waals surface area contributed by atoms with Crippen molar-refractivity contribution in [3.05, 3.63) is 44.3 Å². The Labute approximate surface area is 140 Å². The van der Waals surface area contributed by atoms with Gasteiger partial charge in [-0.25, -0.2) is 4.98 Å². The Morgan fingerprint density at radius 3 is 3.17 bits per heavy atom. The van der Waals surface area contributed by atoms with Crippen LogP contribution in [-0.4, -0.2) is 31.3 Å². The molecule has 0 spiro atoms. The molecule has 0 atom stereocenters. The maximum absolute atomic E-state index is 12.5. The van der Waals surface area contributed by atoms with Gasteiger partial charge in [-0.1, -0.05) is 0 Å². The van der Waals surface area contributed by atoms with Gasteiger partial charge in [0, 0.05) is 18.0 Å². The molecule has 6 nitrogen and oxygen atoms in total. The molecule has 23 heavy (non-hydrogen) atoms. The molecule has 1 aliphatic rings. The van der Waals surface area contributed by atoms with Crippen LogP contribution >= 0.6 is 22.9 Å². The van der Waals surface area contributed by atoms with Gasteiger partial charge < -0.3 is 4.90 Å². The zero-order valence-corrected chi connectivity index (χ0v) is 14.1. The molecule has 3 aromatic heterocycles. The molecule has 4 heterocycles. The Hall–Kier alpha value is -2.06. The van der Waals surface area contributed by atoms with Gasteiger partial charge in [0.25, 0.3) is 5.56 Å². The monoisotopic (exact) mass is 346 g/mol. The first-order valence-corrected chi connectivity index (χ1v) is 8.93. The largest absolute Gasteiger partial charge is 0.336 e. The summed E-state index contributed by atoms with van der Waals surface area (Å²) in [6, 6.07) is 2.07. The van der Waals surface area contributed by atoms with Crippen molar-refractivity contribution >= 4 is 39.0 Å². The number of rotatable bonds is 2. The molecule has 0 aliphatic carbocycles. The van der Waals surface area contributed by atoms with Crippen LogP contribution in [0.25, 0.3) is 10.2 Å². The lowest BCUT2D eigenvalue weighted by molar-refractivity contribution is -0.132. The van der Waals surface area contributed by atoms with E-state index >= 15 is 0 Å². The Morgan fingerprint density at radius 2 is 2.30 bits per heavy atom. The van der Waals surface area contributed by atoms with E-state index in [9.17, 15) is 9.59 Å². The van der Waals surface area contributed by atoms with Crippen molar-refractivity contribution in [3.8, 4) is 0 Å². The van der Waals surface area contributed by atoms with Crippen molar-refractivity contribution in [2.45, 2.75) is 26.4 Å². The van der Waals surface area contributed by atoms with Gasteiger partial charge in [0.15, 0.2) is 4.83 Å². The Bertz CT molecular complexity index is 956. The van der Waals surface area contributed by atoms with E-state index in [2.05, 4.69) is 20.8 Å². The lowest BCUT2D eigenvalue weighted by Gasteiger charge is -2.27. The molecule has 0 aromatic carbocycles. The highest BCUT2D eigenvalue weighted by Gasteiger charge is 2.22. The molecule has 3 aromatic rings. The van der Waals surface area contributed by atoms with Crippen molar-refractivity contribution in [1.29, 1.82) is 0 Å². The molecule has 8 heteroatoms. The zero-order valence-electron chi connectivity index (χ0n) is 12.5. The van der Waals surface area contributed by atoms with Crippen LogP contribution in [0.3, 0.4) is 0 Å². The maximum atomic E-state index is 12.5. The number of nitrogens with zero attached hydrogens (tertiary/aromatic N) is 4. The first-order chi connectivity index (χ1) is 11.1. The molecular weight excluding hydrogens is 332 g/mol. The van der Waals surface area contributed by atoms with Gasteiger partial charge in [-0.2, -0.15) is 4.37 Å². The van der Waals surface area contributed by atoms with Crippen LogP contribution < -0.4 is 5.56 Å². The van der Waals surface area contributed by atoms with E-state index in [-0.39, 0.29) is 18.0 Å². The van der Waals surface area contributed by atoms with Gasteiger partial charge in [0.1, 0.15) is 6.54 Å². The number of thiophene rings is 1. The fourth-order valence-corrected chi connectivity index (χ4v) is 4.45. The quantitative estimate of drug-likeness (QED) is 0.710. The molecule has 118 valence electrons. The van der Waals surface area contributed by atoms with Gasteiger partial charge in [-0.05, 0) is 41.9 Å². The lowest BCUT2D eigenvalue weighted by atomic mass is 10.1. The molecule has 0 saturated carbocycles. The number of aromatic nitrogens is 3. The van der Waals surface area contributed by atoms with Crippen molar-refractivity contribution in [3.63, 3.8) is 0 Å². The topological polar surface area (TPSA) is 68.1 Å². The van der Waals surface area contributed by atoms with Gasteiger partial charge in [-0.15, -0.1) is 11.3 Å². The van der Waals surface area contributed by atoms with Crippen molar-refractivity contribution in [2.75, 3.05) is 6.54 Å². The number of aryl methyl sites for hydroxylation is 1. The van der Waals surface area contributed by atoms with Crippen LogP contribution in [0.15, 0.2) is 22.6 Å². The van der Waals surface area contributed by atoms with Crippen LogP contribution in [0, 0.1) is 6.92 Å². The number of fused-ring (bicyclic) bond motifs is 2. The summed E-state index contributed by atoms with van der Waals surface area (Å²) in [5.74, 6) is -0.0501. The Balaban J connectivity index is 1.59. The molecular formula is C15H14N4O2S2. The van der Waals surface area contributed by atoms with Crippen LogP contribution in [0.4, 0.5) is 0 Å². The summed E-state index contributed by atoms with van der Waals surface area (Å²) in [5, 5.41) is 2.58. The molecule has 4 rings (SSSR count). The van der Waals surface area contributed by atoms with Crippen molar-refractivity contribution in [2.24, 2.45) is 0 Å². The van der Waals surface area contributed by atoms with Crippen LogP contribution in [-0.2, 0) is 24.3 Å². The summed E-state index contributed by atoms with van der Waals surface area (Å²) in [6.07, 6.45) is 2.33. The second-order valence-electron chi connectivity index (χ2n) is 5.56. The summed E-state index contributed by atoms with van der Waals surface area (Å²) in [5.41, 5.74) is 1.70. The van der Waals surface area contributed by atoms with Crippen molar-refractivity contribution < 1.29 is 4.79 Å². The highest BCUT2D eigenvalue weighted by Crippen LogP contribution is 2.24. The standard InChI is InChI=1S/C15H14N4O2S2/c1-9-13-14(23-17-9)16-8-19(15(13)21)7-12(20)18-4-2-11-10(6-18)3-5-22-11/h3,5,8H,2,4,6-7H2,1H3. The summed E-state index contributed by atoms with van der Waals surface area (Å²) in [6.45, 7) is 3.14. The zero-order chi connectivity index (χ0) is 16.0. The van der Waals surface area contributed by atoms with E-state index < -0.39 is 0 Å². The fraction of sp³-hybridized carbons (Fsp3) is 0.333. The predicted molar refractivity (Wildman–Crippen MR) is 89.9 cm³/mol. The minimum atomic E-state index is -0.192. The minimum Gasteiger partial charge on any atom is -0.336 e. The average Bonchev–Trinajstić information content (AvgIpc) is 3.16. The molecule has 0 radical (unpaired) electrons. The number of hydrogen-bond acceptors (Lipinski definition) is 6. The number of hydrogen-bond donors (Lipinski definition) is 0. The summed E-state index contributed by atoms with van der Waals surface area (Å²) in [7, 11) is 0. The van der Waals surface area contributed by atoms with E-state index in [1.807, 2.05) is 4.90 Å². The Kier molecular flexibility index (Phi) is 3.50. The molecule has 0 bridgehead atoms. The third kappa shape index (κ3) is 2.47. The molecule has 0 fully saturated rings. The SMILES string of the molecule is Cc1nsc2ncn(CC(=O)N3CCc4sccc4C3)c(=O)c12. The number of carbonyl (C=O) groups is 1. The molecule has 1 aliphatic heterocycles. The molecule has 0 N–H and O–H groups in total. The fourth-order valence-electron chi connectivity index (χ4n) is 2.83. The second kappa shape index (κ2) is 5.54. The minimum absolute atomic E-state index is 0.0243. The maximum Gasteiger partial charge on any atom is 0.264 e. The second-order valence-corrected chi connectivity index (χ2v) is 7.31. The summed E-state index contributed by atoms with van der Waals surface area (Å²) >= 11 is 2.95. The highest BCUT2D eigenvalue weighted by atomic mass is 32.1. The van der Waals surface area contributed by atoms with Crippen LogP contribution in [0.1, 0.15) is 16.1 Å². The molecule has 0 unspecified atom stereocenters. The summed E-state index contributed by atoms with van der Waals surface area (Å²) in [4.78, 5) is 33.1. The van der Waals surface area contributed by atoms with E-state index in [4.69, 9.17) is 0 Å². The van der Waals surface area contributed by atoms with Gasteiger partial charge >= 0.3 is 0 Å². The lowest BCUT2D eigenvalue weighted by Crippen LogP contribution is -2.39. The summed E-state index contributed by atoms with van der Waals surface area (Å²) < 4.78 is 5.54. The van der Waals surface area contributed by atoms with E-state index in [1.165, 1.54) is 32.9 Å². The smallest absolute Gasteiger partial charge is 0.264 e. The van der Waals surface area contributed by atoms with E-state index in [1.54, 1.807) is 18.3 Å². The molecule has 1 amide bonds. The van der Waals surface area contributed by atoms with E-state index in [0.29, 0.717) is 29.0 Å². The Morgan fingerprint density at radius 1 is 1.43 bits per heavy atom. The van der Waals surface area contributed by atoms with Crippen LogP contribution in [0.5, 0.6) is 0 Å². The van der Waals surface area contributed by atoms with Crippen LogP contribution in [0.2, 0.25) is 0 Å². The average molecular weight is 346 g/mol. The first-order valence-electron chi connectivity index (χ1n) is 7.28. The number of carbonyl (C=O) groups excluding carboxylic acids is 1. The van der Waals surface area contributed by atoms with Gasteiger partial charge in [-0.3, -0.25) is 14.2 Å². The van der Waals surface area contributed by atoms with Gasteiger partial charge in [0.05, 0.1) is 17.4 Å². The third-order valence-electron chi connectivity index (χ3n) is 4.10. The normalized spacial score (nSPS) is 14.2. The number of amides is 1. The van der Waals surface area contributed by atoms with Crippen molar-refractivity contribution in [1.82, 2.24) is 18.8 Å². The first kappa shape index (κ1) is 14.5. The van der Waals surface area contributed by atoms with E-state index in [0.717, 1.165) is 6.42 Å². The van der Waals surface area contributed by atoms with Gasteiger partial charge in [0.2, 0.25) is 5.91 Å².